The minimum absolute atomic E-state index is 0.0298. The fourth-order valence-corrected chi connectivity index (χ4v) is 4.33. The highest BCUT2D eigenvalue weighted by Gasteiger charge is 2.16. The first-order chi connectivity index (χ1) is 14.0. The number of nitrogens with one attached hydrogen (secondary N) is 2. The van der Waals surface area contributed by atoms with E-state index in [0.29, 0.717) is 12.1 Å². The standard InChI is InChI=1S/C21H27FN4O2S/c1-2-23-21(26-11-3-4-12-26)24-15-18-8-6-10-20(14-18)29(27,28)25-16-17-7-5-9-19(22)13-17/h5-10,13-14,25H,2-4,11-12,15-16H2,1H3,(H,23,24). The molecule has 156 valence electrons. The number of hydrogen-bond donors (Lipinski definition) is 2. The van der Waals surface area contributed by atoms with E-state index >= 15 is 0 Å². The van der Waals surface area contributed by atoms with Crippen LogP contribution in [0.3, 0.4) is 0 Å². The molecule has 0 radical (unpaired) electrons. The summed E-state index contributed by atoms with van der Waals surface area (Å²) in [5.74, 6) is 0.471. The SMILES string of the molecule is CCNC(=NCc1cccc(S(=O)(=O)NCc2cccc(F)c2)c1)N1CCCC1. The van der Waals surface area contributed by atoms with E-state index in [4.69, 9.17) is 0 Å². The van der Waals surface area contributed by atoms with Gasteiger partial charge in [0.25, 0.3) is 0 Å². The Morgan fingerprint density at radius 2 is 1.83 bits per heavy atom. The monoisotopic (exact) mass is 418 g/mol. The molecule has 0 amide bonds. The number of sulfonamides is 1. The molecular formula is C21H27FN4O2S. The van der Waals surface area contributed by atoms with Crippen molar-refractivity contribution in [2.75, 3.05) is 19.6 Å². The van der Waals surface area contributed by atoms with E-state index in [2.05, 4.69) is 19.9 Å². The van der Waals surface area contributed by atoms with Crippen molar-refractivity contribution in [3.8, 4) is 0 Å². The molecule has 0 bridgehead atoms. The van der Waals surface area contributed by atoms with Crippen molar-refractivity contribution in [2.45, 2.75) is 37.8 Å². The van der Waals surface area contributed by atoms with Gasteiger partial charge >= 0.3 is 0 Å². The third kappa shape index (κ3) is 6.01. The summed E-state index contributed by atoms with van der Waals surface area (Å²) in [5, 5.41) is 3.30. The molecule has 1 aliphatic rings. The van der Waals surface area contributed by atoms with Gasteiger partial charge in [-0.2, -0.15) is 0 Å². The maximum absolute atomic E-state index is 13.3. The summed E-state index contributed by atoms with van der Waals surface area (Å²) in [6.07, 6.45) is 2.32. The van der Waals surface area contributed by atoms with Crippen LogP contribution in [0.25, 0.3) is 0 Å². The Labute approximate surface area is 171 Å². The van der Waals surface area contributed by atoms with Crippen molar-refractivity contribution in [1.29, 1.82) is 0 Å². The second-order valence-corrected chi connectivity index (χ2v) is 8.73. The van der Waals surface area contributed by atoms with Crippen LogP contribution in [0.1, 0.15) is 30.9 Å². The number of benzene rings is 2. The molecular weight excluding hydrogens is 391 g/mol. The first-order valence-corrected chi connectivity index (χ1v) is 11.3. The molecule has 2 aromatic carbocycles. The minimum atomic E-state index is -3.71. The first-order valence-electron chi connectivity index (χ1n) is 9.84. The van der Waals surface area contributed by atoms with Crippen LogP contribution in [-0.2, 0) is 23.1 Å². The van der Waals surface area contributed by atoms with E-state index in [9.17, 15) is 12.8 Å². The Morgan fingerprint density at radius 3 is 2.55 bits per heavy atom. The number of halogens is 1. The van der Waals surface area contributed by atoms with Gasteiger partial charge in [0.2, 0.25) is 10.0 Å². The van der Waals surface area contributed by atoms with Crippen LogP contribution < -0.4 is 10.0 Å². The highest BCUT2D eigenvalue weighted by atomic mass is 32.2. The molecule has 0 unspecified atom stereocenters. The number of likely N-dealkylation sites (tertiary alicyclic amines) is 1. The number of nitrogens with zero attached hydrogens (tertiary/aromatic N) is 2. The Morgan fingerprint density at radius 1 is 1.10 bits per heavy atom. The lowest BCUT2D eigenvalue weighted by atomic mass is 10.2. The predicted molar refractivity (Wildman–Crippen MR) is 112 cm³/mol. The Kier molecular flexibility index (Phi) is 7.22. The summed E-state index contributed by atoms with van der Waals surface area (Å²) < 4.78 is 41.1. The second-order valence-electron chi connectivity index (χ2n) is 6.97. The van der Waals surface area contributed by atoms with Crippen molar-refractivity contribution in [2.24, 2.45) is 4.99 Å². The molecule has 0 saturated carbocycles. The molecule has 1 heterocycles. The average molecular weight is 419 g/mol. The van der Waals surface area contributed by atoms with Gasteiger partial charge in [-0.3, -0.25) is 0 Å². The van der Waals surface area contributed by atoms with Crippen molar-refractivity contribution in [3.63, 3.8) is 0 Å². The van der Waals surface area contributed by atoms with Gasteiger partial charge in [-0.1, -0.05) is 24.3 Å². The maximum atomic E-state index is 13.3. The van der Waals surface area contributed by atoms with E-state index in [1.807, 2.05) is 13.0 Å². The second kappa shape index (κ2) is 9.84. The molecule has 8 heteroatoms. The molecule has 0 aromatic heterocycles. The quantitative estimate of drug-likeness (QED) is 0.536. The van der Waals surface area contributed by atoms with Gasteiger partial charge in [0.1, 0.15) is 5.82 Å². The van der Waals surface area contributed by atoms with Gasteiger partial charge in [0.05, 0.1) is 11.4 Å². The van der Waals surface area contributed by atoms with E-state index < -0.39 is 15.8 Å². The van der Waals surface area contributed by atoms with Crippen molar-refractivity contribution >= 4 is 16.0 Å². The molecule has 1 saturated heterocycles. The van der Waals surface area contributed by atoms with Gasteiger partial charge < -0.3 is 10.2 Å². The third-order valence-electron chi connectivity index (χ3n) is 4.72. The largest absolute Gasteiger partial charge is 0.357 e. The average Bonchev–Trinajstić information content (AvgIpc) is 3.25. The molecule has 2 N–H and O–H groups in total. The van der Waals surface area contributed by atoms with Crippen molar-refractivity contribution in [1.82, 2.24) is 14.9 Å². The fourth-order valence-electron chi connectivity index (χ4n) is 3.24. The van der Waals surface area contributed by atoms with E-state index in [0.717, 1.165) is 44.0 Å². The first kappa shape index (κ1) is 21.3. The maximum Gasteiger partial charge on any atom is 0.240 e. The number of aliphatic imine (C=N–C) groups is 1. The topological polar surface area (TPSA) is 73.8 Å². The van der Waals surface area contributed by atoms with E-state index in [1.54, 1.807) is 30.3 Å². The lowest BCUT2D eigenvalue weighted by molar-refractivity contribution is 0.493. The predicted octanol–water partition coefficient (Wildman–Crippen LogP) is 2.87. The zero-order chi connectivity index (χ0) is 20.7. The number of guanidine groups is 1. The number of hydrogen-bond acceptors (Lipinski definition) is 3. The molecule has 6 nitrogen and oxygen atoms in total. The van der Waals surface area contributed by atoms with Crippen LogP contribution in [-0.4, -0.2) is 38.9 Å². The zero-order valence-electron chi connectivity index (χ0n) is 16.6. The summed E-state index contributed by atoms with van der Waals surface area (Å²) in [7, 11) is -3.71. The Balaban J connectivity index is 1.69. The molecule has 3 rings (SSSR count). The molecule has 1 aliphatic heterocycles. The van der Waals surface area contributed by atoms with Gasteiger partial charge in [0.15, 0.2) is 5.96 Å². The van der Waals surface area contributed by atoms with Crippen LogP contribution >= 0.6 is 0 Å². The minimum Gasteiger partial charge on any atom is -0.357 e. The summed E-state index contributed by atoms with van der Waals surface area (Å²) in [4.78, 5) is 7.07. The molecule has 0 spiro atoms. The normalized spacial score (nSPS) is 15.0. The lowest BCUT2D eigenvalue weighted by Gasteiger charge is -2.20. The lowest BCUT2D eigenvalue weighted by Crippen LogP contribution is -2.39. The van der Waals surface area contributed by atoms with Crippen LogP contribution in [0.15, 0.2) is 58.4 Å². The Hall–Kier alpha value is -2.45. The van der Waals surface area contributed by atoms with E-state index in [-0.39, 0.29) is 11.4 Å². The molecule has 0 atom stereocenters. The smallest absolute Gasteiger partial charge is 0.240 e. The molecule has 2 aromatic rings. The van der Waals surface area contributed by atoms with E-state index in [1.165, 1.54) is 12.1 Å². The molecule has 1 fully saturated rings. The molecule has 29 heavy (non-hydrogen) atoms. The third-order valence-corrected chi connectivity index (χ3v) is 6.11. The fraction of sp³-hybridized carbons (Fsp3) is 0.381. The summed E-state index contributed by atoms with van der Waals surface area (Å²) in [5.41, 5.74) is 1.38. The summed E-state index contributed by atoms with van der Waals surface area (Å²) in [6.45, 7) is 5.22. The van der Waals surface area contributed by atoms with Gasteiger partial charge in [-0.15, -0.1) is 0 Å². The van der Waals surface area contributed by atoms with Crippen LogP contribution in [0.4, 0.5) is 4.39 Å². The summed E-state index contributed by atoms with van der Waals surface area (Å²) in [6, 6.07) is 12.6. The van der Waals surface area contributed by atoms with Gasteiger partial charge in [0, 0.05) is 26.2 Å². The van der Waals surface area contributed by atoms with Crippen molar-refractivity contribution < 1.29 is 12.8 Å². The highest BCUT2D eigenvalue weighted by molar-refractivity contribution is 7.89. The Bertz CT molecular complexity index is 957. The number of rotatable bonds is 7. The van der Waals surface area contributed by atoms with Crippen LogP contribution in [0.5, 0.6) is 0 Å². The van der Waals surface area contributed by atoms with Crippen LogP contribution in [0.2, 0.25) is 0 Å². The van der Waals surface area contributed by atoms with Gasteiger partial charge in [-0.25, -0.2) is 22.5 Å². The highest BCUT2D eigenvalue weighted by Crippen LogP contribution is 2.14. The van der Waals surface area contributed by atoms with Crippen molar-refractivity contribution in [3.05, 3.63) is 65.5 Å². The van der Waals surface area contributed by atoms with Crippen LogP contribution in [0, 0.1) is 5.82 Å². The summed E-state index contributed by atoms with van der Waals surface area (Å²) >= 11 is 0. The van der Waals surface area contributed by atoms with Gasteiger partial charge in [-0.05, 0) is 55.2 Å². The molecule has 0 aliphatic carbocycles. The zero-order valence-corrected chi connectivity index (χ0v) is 17.4.